The lowest BCUT2D eigenvalue weighted by molar-refractivity contribution is 0.0950. The molecule has 0 saturated carbocycles. The van der Waals surface area contributed by atoms with E-state index in [1.807, 2.05) is 73.7 Å². The Morgan fingerprint density at radius 2 is 1.79 bits per heavy atom. The van der Waals surface area contributed by atoms with Crippen LogP contribution in [0.15, 0.2) is 82.7 Å². The van der Waals surface area contributed by atoms with E-state index < -0.39 is 0 Å². The fourth-order valence-corrected chi connectivity index (χ4v) is 4.72. The van der Waals surface area contributed by atoms with Crippen LogP contribution in [0.4, 0.5) is 0 Å². The first-order valence-electron chi connectivity index (χ1n) is 10.1. The number of carbonyl (C=O) groups excluding carboxylic acids is 1. The van der Waals surface area contributed by atoms with E-state index >= 15 is 0 Å². The van der Waals surface area contributed by atoms with Gasteiger partial charge < -0.3 is 10.1 Å². The molecule has 0 aliphatic carbocycles. The summed E-state index contributed by atoms with van der Waals surface area (Å²) in [6.45, 7) is 2.16. The SMILES string of the molecule is COc1ccc(-n2ncc(C(=O)NCc3c(Cl)cccc3Sc3ccc(Cl)cc3)c2C)cc1. The van der Waals surface area contributed by atoms with Crippen molar-refractivity contribution >= 4 is 40.9 Å². The Bertz CT molecular complexity index is 1270. The minimum Gasteiger partial charge on any atom is -0.497 e. The minimum absolute atomic E-state index is 0.213. The maximum absolute atomic E-state index is 13.0. The minimum atomic E-state index is -0.213. The average Bonchev–Trinajstić information content (AvgIpc) is 3.21. The van der Waals surface area contributed by atoms with Crippen molar-refractivity contribution in [2.75, 3.05) is 7.11 Å². The topological polar surface area (TPSA) is 56.2 Å². The predicted octanol–water partition coefficient (Wildman–Crippen LogP) is 6.58. The first-order chi connectivity index (χ1) is 16.0. The molecule has 8 heteroatoms. The Labute approximate surface area is 206 Å². The van der Waals surface area contributed by atoms with Gasteiger partial charge in [-0.15, -0.1) is 0 Å². The maximum atomic E-state index is 13.0. The fourth-order valence-electron chi connectivity index (χ4n) is 3.32. The highest BCUT2D eigenvalue weighted by atomic mass is 35.5. The molecule has 0 atom stereocenters. The van der Waals surface area contributed by atoms with Gasteiger partial charge in [0.15, 0.2) is 0 Å². The van der Waals surface area contributed by atoms with Crippen molar-refractivity contribution in [3.63, 3.8) is 0 Å². The van der Waals surface area contributed by atoms with Crippen LogP contribution in [0.5, 0.6) is 5.75 Å². The molecule has 0 radical (unpaired) electrons. The number of methoxy groups -OCH3 is 1. The van der Waals surface area contributed by atoms with Crippen molar-refractivity contribution in [3.8, 4) is 11.4 Å². The molecule has 168 valence electrons. The number of ether oxygens (including phenoxy) is 1. The molecule has 0 fully saturated rings. The summed E-state index contributed by atoms with van der Waals surface area (Å²) in [7, 11) is 1.62. The number of nitrogens with zero attached hydrogens (tertiary/aromatic N) is 2. The second-order valence-corrected chi connectivity index (χ2v) is 9.17. The number of aromatic nitrogens is 2. The van der Waals surface area contributed by atoms with Crippen molar-refractivity contribution < 1.29 is 9.53 Å². The van der Waals surface area contributed by atoms with E-state index in [1.165, 1.54) is 0 Å². The number of amides is 1. The van der Waals surface area contributed by atoms with Crippen LogP contribution in [0.2, 0.25) is 10.0 Å². The van der Waals surface area contributed by atoms with Crippen LogP contribution in [0, 0.1) is 6.92 Å². The Morgan fingerprint density at radius 3 is 2.48 bits per heavy atom. The fraction of sp³-hybridized carbons (Fsp3) is 0.120. The molecule has 4 aromatic rings. The standard InChI is InChI=1S/C25H21Cl2N3O2S/c1-16-21(15-29-30(16)18-8-10-19(32-2)11-9-18)25(31)28-14-22-23(27)4-3-5-24(22)33-20-12-6-17(26)7-13-20/h3-13,15H,14H2,1-2H3,(H,28,31). The number of hydrogen-bond donors (Lipinski definition) is 1. The van der Waals surface area contributed by atoms with Gasteiger partial charge in [0.1, 0.15) is 5.75 Å². The third-order valence-electron chi connectivity index (χ3n) is 5.11. The van der Waals surface area contributed by atoms with Crippen LogP contribution < -0.4 is 10.1 Å². The van der Waals surface area contributed by atoms with Gasteiger partial charge in [-0.2, -0.15) is 5.10 Å². The van der Waals surface area contributed by atoms with E-state index in [0.717, 1.165) is 32.5 Å². The molecule has 0 aliphatic rings. The molecule has 0 bridgehead atoms. The molecular formula is C25H21Cl2N3O2S. The zero-order chi connectivity index (χ0) is 23.4. The predicted molar refractivity (Wildman–Crippen MR) is 133 cm³/mol. The lowest BCUT2D eigenvalue weighted by atomic mass is 10.2. The molecule has 1 N–H and O–H groups in total. The van der Waals surface area contributed by atoms with E-state index in [9.17, 15) is 4.79 Å². The number of hydrogen-bond acceptors (Lipinski definition) is 4. The summed E-state index contributed by atoms with van der Waals surface area (Å²) < 4.78 is 6.93. The zero-order valence-electron chi connectivity index (χ0n) is 18.0. The monoisotopic (exact) mass is 497 g/mol. The highest BCUT2D eigenvalue weighted by Crippen LogP contribution is 2.34. The number of benzene rings is 3. The third-order valence-corrected chi connectivity index (χ3v) is 6.83. The molecule has 1 aromatic heterocycles. The van der Waals surface area contributed by atoms with Crippen molar-refractivity contribution in [1.82, 2.24) is 15.1 Å². The molecular weight excluding hydrogens is 477 g/mol. The van der Waals surface area contributed by atoms with Crippen molar-refractivity contribution in [3.05, 3.63) is 99.8 Å². The first kappa shape index (κ1) is 23.2. The summed E-state index contributed by atoms with van der Waals surface area (Å²) in [5.74, 6) is 0.545. The van der Waals surface area contributed by atoms with E-state index in [-0.39, 0.29) is 5.91 Å². The molecule has 1 heterocycles. The van der Waals surface area contributed by atoms with Crippen LogP contribution in [-0.2, 0) is 6.54 Å². The Balaban J connectivity index is 1.50. The Morgan fingerprint density at radius 1 is 1.06 bits per heavy atom. The Hall–Kier alpha value is -2.93. The van der Waals surface area contributed by atoms with Gasteiger partial charge in [-0.05, 0) is 67.6 Å². The zero-order valence-corrected chi connectivity index (χ0v) is 20.3. The normalized spacial score (nSPS) is 10.8. The summed E-state index contributed by atoms with van der Waals surface area (Å²) in [5, 5.41) is 8.65. The van der Waals surface area contributed by atoms with Crippen molar-refractivity contribution in [2.24, 2.45) is 0 Å². The van der Waals surface area contributed by atoms with Crippen LogP contribution in [-0.4, -0.2) is 22.8 Å². The van der Waals surface area contributed by atoms with Crippen molar-refractivity contribution in [1.29, 1.82) is 0 Å². The van der Waals surface area contributed by atoms with Gasteiger partial charge in [-0.1, -0.05) is 41.0 Å². The summed E-state index contributed by atoms with van der Waals surface area (Å²) in [5.41, 5.74) is 2.95. The maximum Gasteiger partial charge on any atom is 0.255 e. The second kappa shape index (κ2) is 10.3. The van der Waals surface area contributed by atoms with Gasteiger partial charge in [0, 0.05) is 31.9 Å². The highest BCUT2D eigenvalue weighted by molar-refractivity contribution is 7.99. The highest BCUT2D eigenvalue weighted by Gasteiger charge is 2.17. The number of halogens is 2. The van der Waals surface area contributed by atoms with Crippen LogP contribution in [0.1, 0.15) is 21.6 Å². The third kappa shape index (κ3) is 5.36. The second-order valence-electron chi connectivity index (χ2n) is 7.21. The van der Waals surface area contributed by atoms with Gasteiger partial charge in [0.05, 0.1) is 30.3 Å². The lowest BCUT2D eigenvalue weighted by Gasteiger charge is -2.12. The molecule has 0 unspecified atom stereocenters. The smallest absolute Gasteiger partial charge is 0.255 e. The largest absolute Gasteiger partial charge is 0.497 e. The quantitative estimate of drug-likeness (QED) is 0.313. The number of carbonyl (C=O) groups is 1. The summed E-state index contributed by atoms with van der Waals surface area (Å²) >= 11 is 14.0. The van der Waals surface area contributed by atoms with E-state index in [1.54, 1.807) is 29.8 Å². The van der Waals surface area contributed by atoms with Crippen LogP contribution in [0.3, 0.4) is 0 Å². The van der Waals surface area contributed by atoms with Crippen LogP contribution >= 0.6 is 35.0 Å². The van der Waals surface area contributed by atoms with E-state index in [4.69, 9.17) is 27.9 Å². The van der Waals surface area contributed by atoms with Gasteiger partial charge in [-0.3, -0.25) is 4.79 Å². The molecule has 3 aromatic carbocycles. The molecule has 5 nitrogen and oxygen atoms in total. The van der Waals surface area contributed by atoms with E-state index in [0.29, 0.717) is 22.2 Å². The molecule has 0 saturated heterocycles. The van der Waals surface area contributed by atoms with Gasteiger partial charge in [0.2, 0.25) is 0 Å². The molecule has 33 heavy (non-hydrogen) atoms. The van der Waals surface area contributed by atoms with Crippen molar-refractivity contribution in [2.45, 2.75) is 23.3 Å². The van der Waals surface area contributed by atoms with Gasteiger partial charge in [0.25, 0.3) is 5.91 Å². The lowest BCUT2D eigenvalue weighted by Crippen LogP contribution is -2.23. The molecule has 4 rings (SSSR count). The first-order valence-corrected chi connectivity index (χ1v) is 11.7. The van der Waals surface area contributed by atoms with Gasteiger partial charge >= 0.3 is 0 Å². The molecule has 0 aliphatic heterocycles. The summed E-state index contributed by atoms with van der Waals surface area (Å²) in [4.78, 5) is 15.0. The summed E-state index contributed by atoms with van der Waals surface area (Å²) in [6.07, 6.45) is 1.57. The number of rotatable bonds is 7. The Kier molecular flexibility index (Phi) is 7.28. The molecule has 1 amide bonds. The van der Waals surface area contributed by atoms with Gasteiger partial charge in [-0.25, -0.2) is 4.68 Å². The average molecular weight is 498 g/mol. The molecule has 0 spiro atoms. The van der Waals surface area contributed by atoms with Crippen LogP contribution in [0.25, 0.3) is 5.69 Å². The van der Waals surface area contributed by atoms with E-state index in [2.05, 4.69) is 10.4 Å². The number of nitrogens with one attached hydrogen (secondary N) is 1. The summed E-state index contributed by atoms with van der Waals surface area (Å²) in [6, 6.07) is 20.8.